The van der Waals surface area contributed by atoms with E-state index in [0.717, 1.165) is 42.9 Å². The molecule has 24 heavy (non-hydrogen) atoms. The largest absolute Gasteiger partial charge is 0.306 e. The molecule has 0 amide bonds. The maximum Gasteiger partial charge on any atom is 0.160 e. The average molecular weight is 317 g/mol. The van der Waals surface area contributed by atoms with Gasteiger partial charge in [0.05, 0.1) is 0 Å². The summed E-state index contributed by atoms with van der Waals surface area (Å²) in [6.45, 7) is 0.808. The molecule has 1 aliphatic rings. The lowest BCUT2D eigenvalue weighted by atomic mass is 9.92. The third-order valence-corrected chi connectivity index (χ3v) is 4.38. The lowest BCUT2D eigenvalue weighted by Crippen LogP contribution is -2.26. The highest BCUT2D eigenvalue weighted by Gasteiger charge is 2.22. The van der Waals surface area contributed by atoms with Gasteiger partial charge in [0.15, 0.2) is 5.82 Å². The highest BCUT2D eigenvalue weighted by Crippen LogP contribution is 2.29. The molecule has 0 radical (unpaired) electrons. The summed E-state index contributed by atoms with van der Waals surface area (Å²) in [5.41, 5.74) is 4.53. The normalized spacial score (nSPS) is 16.6. The van der Waals surface area contributed by atoms with Crippen LogP contribution in [0.3, 0.4) is 0 Å². The van der Waals surface area contributed by atoms with Crippen molar-refractivity contribution < 1.29 is 0 Å². The first-order chi connectivity index (χ1) is 11.9. The minimum atomic E-state index is 0.303. The SMILES string of the molecule is c1cncc(CN[C@H]2CCCc3nc(-c4cccnc4)ncc32)c1. The van der Waals surface area contributed by atoms with Gasteiger partial charge >= 0.3 is 0 Å². The van der Waals surface area contributed by atoms with Crippen LogP contribution in [-0.4, -0.2) is 19.9 Å². The van der Waals surface area contributed by atoms with Crippen molar-refractivity contribution in [3.8, 4) is 11.4 Å². The second kappa shape index (κ2) is 6.84. The Hall–Kier alpha value is -2.66. The number of nitrogens with zero attached hydrogens (tertiary/aromatic N) is 4. The maximum atomic E-state index is 4.79. The van der Waals surface area contributed by atoms with Crippen molar-refractivity contribution >= 4 is 0 Å². The fourth-order valence-electron chi connectivity index (χ4n) is 3.14. The van der Waals surface area contributed by atoms with Crippen molar-refractivity contribution in [2.24, 2.45) is 0 Å². The van der Waals surface area contributed by atoms with Gasteiger partial charge in [0.2, 0.25) is 0 Å². The van der Waals surface area contributed by atoms with E-state index in [1.54, 1.807) is 12.4 Å². The lowest BCUT2D eigenvalue weighted by Gasteiger charge is -2.25. The maximum absolute atomic E-state index is 4.79. The first-order valence-electron chi connectivity index (χ1n) is 8.28. The highest BCUT2D eigenvalue weighted by atomic mass is 15.0. The molecule has 4 rings (SSSR count). The van der Waals surface area contributed by atoms with Crippen LogP contribution in [0.4, 0.5) is 0 Å². The zero-order chi connectivity index (χ0) is 16.2. The number of nitrogens with one attached hydrogen (secondary N) is 1. The molecule has 0 aliphatic heterocycles. The van der Waals surface area contributed by atoms with Crippen LogP contribution in [-0.2, 0) is 13.0 Å². The Morgan fingerprint density at radius 1 is 1.04 bits per heavy atom. The number of hydrogen-bond acceptors (Lipinski definition) is 5. The summed E-state index contributed by atoms with van der Waals surface area (Å²) < 4.78 is 0. The number of aryl methyl sites for hydroxylation is 1. The predicted molar refractivity (Wildman–Crippen MR) is 92.0 cm³/mol. The molecule has 0 bridgehead atoms. The Morgan fingerprint density at radius 2 is 1.92 bits per heavy atom. The van der Waals surface area contributed by atoms with E-state index in [1.807, 2.05) is 36.8 Å². The molecule has 0 saturated carbocycles. The van der Waals surface area contributed by atoms with Gasteiger partial charge in [0, 0.05) is 60.4 Å². The zero-order valence-electron chi connectivity index (χ0n) is 13.4. The van der Waals surface area contributed by atoms with Gasteiger partial charge in [-0.05, 0) is 43.0 Å². The molecular formula is C19H19N5. The van der Waals surface area contributed by atoms with E-state index >= 15 is 0 Å². The van der Waals surface area contributed by atoms with E-state index in [4.69, 9.17) is 4.98 Å². The Balaban J connectivity index is 1.55. The molecular weight excluding hydrogens is 298 g/mol. The molecule has 1 N–H and O–H groups in total. The fourth-order valence-corrected chi connectivity index (χ4v) is 3.14. The molecule has 0 unspecified atom stereocenters. The minimum Gasteiger partial charge on any atom is -0.306 e. The number of aromatic nitrogens is 4. The number of pyridine rings is 2. The number of hydrogen-bond donors (Lipinski definition) is 1. The number of rotatable bonds is 4. The van der Waals surface area contributed by atoms with Crippen molar-refractivity contribution in [2.45, 2.75) is 31.8 Å². The highest BCUT2D eigenvalue weighted by molar-refractivity contribution is 5.53. The topological polar surface area (TPSA) is 63.6 Å². The third-order valence-electron chi connectivity index (χ3n) is 4.38. The molecule has 5 heteroatoms. The Labute approximate surface area is 141 Å². The molecule has 0 aromatic carbocycles. The molecule has 1 atom stereocenters. The summed E-state index contributed by atoms with van der Waals surface area (Å²) in [5.74, 6) is 0.759. The van der Waals surface area contributed by atoms with Gasteiger partial charge in [-0.2, -0.15) is 0 Å². The molecule has 5 nitrogen and oxygen atoms in total. The molecule has 3 aromatic rings. The third kappa shape index (κ3) is 3.16. The smallest absolute Gasteiger partial charge is 0.160 e. The summed E-state index contributed by atoms with van der Waals surface area (Å²) in [4.78, 5) is 17.7. The van der Waals surface area contributed by atoms with Gasteiger partial charge in [-0.25, -0.2) is 9.97 Å². The zero-order valence-corrected chi connectivity index (χ0v) is 13.4. The van der Waals surface area contributed by atoms with Crippen LogP contribution in [0.15, 0.2) is 55.2 Å². The predicted octanol–water partition coefficient (Wildman–Crippen LogP) is 3.10. The monoisotopic (exact) mass is 317 g/mol. The van der Waals surface area contributed by atoms with Crippen molar-refractivity contribution in [2.75, 3.05) is 0 Å². The van der Waals surface area contributed by atoms with Crippen LogP contribution in [0.25, 0.3) is 11.4 Å². The second-order valence-electron chi connectivity index (χ2n) is 6.02. The first-order valence-corrected chi connectivity index (χ1v) is 8.28. The van der Waals surface area contributed by atoms with Crippen molar-refractivity contribution in [3.63, 3.8) is 0 Å². The molecule has 0 spiro atoms. The summed E-state index contributed by atoms with van der Waals surface area (Å²) in [7, 11) is 0. The van der Waals surface area contributed by atoms with Crippen LogP contribution in [0.1, 0.15) is 35.7 Å². The van der Waals surface area contributed by atoms with E-state index in [2.05, 4.69) is 26.3 Å². The molecule has 0 saturated heterocycles. The molecule has 3 heterocycles. The summed E-state index contributed by atoms with van der Waals surface area (Å²) in [6.07, 6.45) is 12.5. The van der Waals surface area contributed by atoms with Crippen LogP contribution < -0.4 is 5.32 Å². The van der Waals surface area contributed by atoms with Crippen molar-refractivity contribution in [3.05, 3.63) is 72.1 Å². The molecule has 3 aromatic heterocycles. The van der Waals surface area contributed by atoms with E-state index in [1.165, 1.54) is 11.1 Å². The van der Waals surface area contributed by atoms with Gasteiger partial charge in [-0.1, -0.05) is 6.07 Å². The van der Waals surface area contributed by atoms with E-state index in [0.29, 0.717) is 6.04 Å². The number of fused-ring (bicyclic) bond motifs is 1. The van der Waals surface area contributed by atoms with E-state index in [9.17, 15) is 0 Å². The quantitative estimate of drug-likeness (QED) is 0.801. The summed E-state index contributed by atoms with van der Waals surface area (Å²) in [5, 5.41) is 3.62. The van der Waals surface area contributed by atoms with Crippen molar-refractivity contribution in [1.29, 1.82) is 0 Å². The van der Waals surface area contributed by atoms with Gasteiger partial charge < -0.3 is 5.32 Å². The second-order valence-corrected chi connectivity index (χ2v) is 6.02. The minimum absolute atomic E-state index is 0.303. The van der Waals surface area contributed by atoms with Gasteiger partial charge in [-0.15, -0.1) is 0 Å². The van der Waals surface area contributed by atoms with Crippen molar-refractivity contribution in [1.82, 2.24) is 25.3 Å². The Kier molecular flexibility index (Phi) is 4.25. The summed E-state index contributed by atoms with van der Waals surface area (Å²) >= 11 is 0. The first kappa shape index (κ1) is 14.9. The molecule has 0 fully saturated rings. The molecule has 1 aliphatic carbocycles. The van der Waals surface area contributed by atoms with Gasteiger partial charge in [0.25, 0.3) is 0 Å². The van der Waals surface area contributed by atoms with Crippen LogP contribution in [0.5, 0.6) is 0 Å². The Bertz CT molecular complexity index is 805. The van der Waals surface area contributed by atoms with Crippen LogP contribution in [0.2, 0.25) is 0 Å². The average Bonchev–Trinajstić information content (AvgIpc) is 2.67. The Morgan fingerprint density at radius 3 is 2.71 bits per heavy atom. The summed E-state index contributed by atoms with van der Waals surface area (Å²) in [6, 6.07) is 8.27. The van der Waals surface area contributed by atoms with Crippen LogP contribution >= 0.6 is 0 Å². The van der Waals surface area contributed by atoms with Gasteiger partial charge in [0.1, 0.15) is 0 Å². The lowest BCUT2D eigenvalue weighted by molar-refractivity contribution is 0.452. The molecule has 120 valence electrons. The van der Waals surface area contributed by atoms with E-state index < -0.39 is 0 Å². The van der Waals surface area contributed by atoms with E-state index in [-0.39, 0.29) is 0 Å². The standard InChI is InChI=1S/C19H19N5/c1-6-17(22-11-14-4-2-8-20-10-14)16-13-23-19(24-18(16)7-1)15-5-3-9-21-12-15/h2-5,8-10,12-13,17,22H,1,6-7,11H2/t17-/m0/s1. The fraction of sp³-hybridized carbons (Fsp3) is 0.263. The van der Waals surface area contributed by atoms with Crippen LogP contribution in [0, 0.1) is 0 Å². The van der Waals surface area contributed by atoms with Gasteiger partial charge in [-0.3, -0.25) is 9.97 Å².